The van der Waals surface area contributed by atoms with Gasteiger partial charge in [-0.25, -0.2) is 4.98 Å². The van der Waals surface area contributed by atoms with Crippen molar-refractivity contribution >= 4 is 51.5 Å². The fraction of sp³-hybridized carbons (Fsp3) is 0.333. The highest BCUT2D eigenvalue weighted by Gasteiger charge is 2.03. The predicted octanol–water partition coefficient (Wildman–Crippen LogP) is 4.26. The highest BCUT2D eigenvalue weighted by atomic mass is 127. The summed E-state index contributed by atoms with van der Waals surface area (Å²) in [7, 11) is 3.49. The second-order valence-corrected chi connectivity index (χ2v) is 7.32. The molecular formula is C21H27IN4OS. The van der Waals surface area contributed by atoms with Gasteiger partial charge in [-0.1, -0.05) is 24.3 Å². The zero-order valence-corrected chi connectivity index (χ0v) is 19.4. The van der Waals surface area contributed by atoms with Crippen molar-refractivity contribution in [3.05, 3.63) is 59.1 Å². The molecule has 5 nitrogen and oxygen atoms in total. The second kappa shape index (κ2) is 11.9. The van der Waals surface area contributed by atoms with Crippen molar-refractivity contribution in [2.75, 3.05) is 27.2 Å². The fourth-order valence-electron chi connectivity index (χ4n) is 2.81. The van der Waals surface area contributed by atoms with Crippen LogP contribution in [0, 0.1) is 0 Å². The van der Waals surface area contributed by atoms with E-state index in [4.69, 9.17) is 4.74 Å². The van der Waals surface area contributed by atoms with Gasteiger partial charge in [-0.15, -0.1) is 35.3 Å². The molecule has 3 aromatic rings. The third kappa shape index (κ3) is 6.63. The van der Waals surface area contributed by atoms with E-state index in [0.717, 1.165) is 49.6 Å². The maximum atomic E-state index is 5.18. The molecular weight excluding hydrogens is 483 g/mol. The number of ether oxygens (including phenoxy) is 1. The van der Waals surface area contributed by atoms with Crippen LogP contribution in [0.15, 0.2) is 53.5 Å². The van der Waals surface area contributed by atoms with Crippen LogP contribution in [0.4, 0.5) is 0 Å². The second-order valence-electron chi connectivity index (χ2n) is 6.20. The molecule has 0 saturated carbocycles. The summed E-state index contributed by atoms with van der Waals surface area (Å²) in [5.74, 6) is 1.73. The average molecular weight is 510 g/mol. The van der Waals surface area contributed by atoms with Crippen molar-refractivity contribution < 1.29 is 4.74 Å². The van der Waals surface area contributed by atoms with Crippen molar-refractivity contribution in [2.45, 2.75) is 19.3 Å². The normalized spacial score (nSPS) is 11.1. The van der Waals surface area contributed by atoms with Gasteiger partial charge in [-0.2, -0.15) is 0 Å². The smallest absolute Gasteiger partial charge is 0.190 e. The molecule has 3 rings (SSSR count). The Kier molecular flexibility index (Phi) is 9.49. The first-order valence-electron chi connectivity index (χ1n) is 9.20. The molecule has 1 heterocycles. The quantitative estimate of drug-likeness (QED) is 0.206. The van der Waals surface area contributed by atoms with Crippen molar-refractivity contribution in [3.63, 3.8) is 0 Å². The Bertz CT molecular complexity index is 847. The summed E-state index contributed by atoms with van der Waals surface area (Å²) in [6.45, 7) is 1.71. The molecule has 28 heavy (non-hydrogen) atoms. The van der Waals surface area contributed by atoms with Crippen molar-refractivity contribution in [3.8, 4) is 5.75 Å². The number of benzene rings is 2. The standard InChI is InChI=1S/C21H26N4OS.HI/c1-22-21(24-15-13-16-9-11-17(26-2)12-10-16)23-14-5-8-20-25-18-6-3-4-7-19(18)27-20;/h3-4,6-7,9-12H,5,8,13-15H2,1-2H3,(H2,22,23,24);1H. The van der Waals surface area contributed by atoms with Crippen LogP contribution in [0.25, 0.3) is 10.2 Å². The number of para-hydroxylation sites is 1. The zero-order chi connectivity index (χ0) is 18.9. The number of hydrogen-bond acceptors (Lipinski definition) is 4. The molecule has 0 bridgehead atoms. The minimum atomic E-state index is 0. The number of hydrogen-bond donors (Lipinski definition) is 2. The molecule has 0 fully saturated rings. The number of aryl methyl sites for hydroxylation is 1. The Morgan fingerprint density at radius 1 is 1.04 bits per heavy atom. The lowest BCUT2D eigenvalue weighted by Crippen LogP contribution is -2.38. The molecule has 0 aliphatic heterocycles. The van der Waals surface area contributed by atoms with Gasteiger partial charge in [-0.3, -0.25) is 4.99 Å². The highest BCUT2D eigenvalue weighted by molar-refractivity contribution is 14.0. The van der Waals surface area contributed by atoms with E-state index in [2.05, 4.69) is 50.9 Å². The lowest BCUT2D eigenvalue weighted by Gasteiger charge is -2.11. The number of rotatable bonds is 8. The molecule has 2 N–H and O–H groups in total. The largest absolute Gasteiger partial charge is 0.497 e. The first-order chi connectivity index (χ1) is 13.3. The molecule has 0 saturated heterocycles. The van der Waals surface area contributed by atoms with Crippen molar-refractivity contribution in [2.24, 2.45) is 4.99 Å². The number of methoxy groups -OCH3 is 1. The summed E-state index contributed by atoms with van der Waals surface area (Å²) in [6.07, 6.45) is 2.95. The summed E-state index contributed by atoms with van der Waals surface area (Å²) < 4.78 is 6.45. The molecule has 2 aromatic carbocycles. The molecule has 0 aliphatic carbocycles. The van der Waals surface area contributed by atoms with Crippen molar-refractivity contribution in [1.82, 2.24) is 15.6 Å². The van der Waals surface area contributed by atoms with E-state index in [1.165, 1.54) is 15.3 Å². The number of fused-ring (bicyclic) bond motifs is 1. The lowest BCUT2D eigenvalue weighted by atomic mass is 10.1. The molecule has 0 atom stereocenters. The maximum Gasteiger partial charge on any atom is 0.190 e. The summed E-state index contributed by atoms with van der Waals surface area (Å²) in [6, 6.07) is 16.5. The van der Waals surface area contributed by atoms with E-state index in [-0.39, 0.29) is 24.0 Å². The minimum absolute atomic E-state index is 0. The summed E-state index contributed by atoms with van der Waals surface area (Å²) in [5, 5.41) is 7.93. The van der Waals surface area contributed by atoms with E-state index < -0.39 is 0 Å². The van der Waals surface area contributed by atoms with Gasteiger partial charge in [0.25, 0.3) is 0 Å². The predicted molar refractivity (Wildman–Crippen MR) is 129 cm³/mol. The van der Waals surface area contributed by atoms with Crippen LogP contribution in [0.5, 0.6) is 5.75 Å². The number of nitrogens with zero attached hydrogens (tertiary/aromatic N) is 2. The summed E-state index contributed by atoms with van der Waals surface area (Å²) >= 11 is 1.78. The molecule has 1 aromatic heterocycles. The lowest BCUT2D eigenvalue weighted by molar-refractivity contribution is 0.414. The van der Waals surface area contributed by atoms with Crippen LogP contribution in [-0.4, -0.2) is 38.2 Å². The Morgan fingerprint density at radius 3 is 2.50 bits per heavy atom. The Balaban J connectivity index is 0.00000280. The van der Waals surface area contributed by atoms with Crippen LogP contribution in [0.2, 0.25) is 0 Å². The molecule has 0 spiro atoms. The van der Waals surface area contributed by atoms with Crippen LogP contribution < -0.4 is 15.4 Å². The number of aliphatic imine (C=N–C) groups is 1. The van der Waals surface area contributed by atoms with Crippen molar-refractivity contribution in [1.29, 1.82) is 0 Å². The fourth-order valence-corrected chi connectivity index (χ4v) is 3.82. The van der Waals surface area contributed by atoms with Crippen LogP contribution in [-0.2, 0) is 12.8 Å². The number of thiazole rings is 1. The number of nitrogens with one attached hydrogen (secondary N) is 2. The van der Waals surface area contributed by atoms with E-state index in [1.54, 1.807) is 25.5 Å². The van der Waals surface area contributed by atoms with Gasteiger partial charge < -0.3 is 15.4 Å². The third-order valence-corrected chi connectivity index (χ3v) is 5.38. The SMILES string of the molecule is CN=C(NCCCc1nc2ccccc2s1)NCCc1ccc(OC)cc1.I. The molecule has 0 aliphatic rings. The number of halogens is 1. The van der Waals surface area contributed by atoms with E-state index >= 15 is 0 Å². The van der Waals surface area contributed by atoms with Crippen LogP contribution in [0.1, 0.15) is 17.0 Å². The molecule has 150 valence electrons. The Hall–Kier alpha value is -1.87. The molecule has 0 radical (unpaired) electrons. The van der Waals surface area contributed by atoms with E-state index in [9.17, 15) is 0 Å². The van der Waals surface area contributed by atoms with Gasteiger partial charge in [0.2, 0.25) is 0 Å². The monoisotopic (exact) mass is 510 g/mol. The summed E-state index contributed by atoms with van der Waals surface area (Å²) in [4.78, 5) is 8.97. The van der Waals surface area contributed by atoms with Gasteiger partial charge in [0, 0.05) is 26.6 Å². The molecule has 7 heteroatoms. The van der Waals surface area contributed by atoms with Gasteiger partial charge in [-0.05, 0) is 42.7 Å². The van der Waals surface area contributed by atoms with Gasteiger partial charge in [0.1, 0.15) is 5.75 Å². The maximum absolute atomic E-state index is 5.18. The topological polar surface area (TPSA) is 58.5 Å². The minimum Gasteiger partial charge on any atom is -0.497 e. The average Bonchev–Trinajstić information content (AvgIpc) is 3.13. The number of guanidine groups is 1. The number of aromatic nitrogens is 1. The Morgan fingerprint density at radius 2 is 1.79 bits per heavy atom. The first kappa shape index (κ1) is 22.4. The van der Waals surface area contributed by atoms with E-state index in [0.29, 0.717) is 0 Å². The molecule has 0 amide bonds. The van der Waals surface area contributed by atoms with Gasteiger partial charge in [0.15, 0.2) is 5.96 Å². The van der Waals surface area contributed by atoms with Crippen LogP contribution >= 0.6 is 35.3 Å². The van der Waals surface area contributed by atoms with Crippen LogP contribution in [0.3, 0.4) is 0 Å². The highest BCUT2D eigenvalue weighted by Crippen LogP contribution is 2.22. The van der Waals surface area contributed by atoms with E-state index in [1.807, 2.05) is 18.2 Å². The third-order valence-electron chi connectivity index (χ3n) is 4.29. The molecule has 0 unspecified atom stereocenters. The zero-order valence-electron chi connectivity index (χ0n) is 16.3. The first-order valence-corrected chi connectivity index (χ1v) is 10.0. The summed E-state index contributed by atoms with van der Waals surface area (Å²) in [5.41, 5.74) is 2.37. The van der Waals surface area contributed by atoms with Gasteiger partial charge in [0.05, 0.1) is 22.3 Å². The van der Waals surface area contributed by atoms with Gasteiger partial charge >= 0.3 is 0 Å². The Labute approximate surface area is 187 Å².